The van der Waals surface area contributed by atoms with E-state index >= 15 is 0 Å². The molecule has 0 aromatic carbocycles. The smallest absolute Gasteiger partial charge is 0.404 e. The van der Waals surface area contributed by atoms with E-state index in [1.807, 2.05) is 12.1 Å². The lowest BCUT2D eigenvalue weighted by molar-refractivity contribution is 0.190. The monoisotopic (exact) mass is 303 g/mol. The number of carbonyl (C=O) groups is 1. The molecule has 2 aromatic heterocycles. The van der Waals surface area contributed by atoms with E-state index in [1.54, 1.807) is 10.7 Å². The van der Waals surface area contributed by atoms with E-state index < -0.39 is 6.09 Å². The van der Waals surface area contributed by atoms with Crippen molar-refractivity contribution in [2.45, 2.75) is 51.1 Å². The zero-order valence-electron chi connectivity index (χ0n) is 12.6. The van der Waals surface area contributed by atoms with E-state index in [0.29, 0.717) is 0 Å². The van der Waals surface area contributed by atoms with E-state index in [0.717, 1.165) is 49.3 Å². The summed E-state index contributed by atoms with van der Waals surface area (Å²) in [5.74, 6) is 0.930. The number of aromatic nitrogens is 3. The molecule has 0 spiro atoms. The Morgan fingerprint density at radius 2 is 2.27 bits per heavy atom. The fraction of sp³-hybridized carbons (Fsp3) is 0.533. The van der Waals surface area contributed by atoms with Crippen LogP contribution in [0.2, 0.25) is 0 Å². The molecule has 0 saturated heterocycles. The third-order valence-corrected chi connectivity index (χ3v) is 4.03. The normalized spacial score (nSPS) is 21.1. The third kappa shape index (κ3) is 3.13. The van der Waals surface area contributed by atoms with Crippen molar-refractivity contribution in [3.8, 4) is 0 Å². The minimum absolute atomic E-state index is 0.0278. The molecule has 1 saturated carbocycles. The van der Waals surface area contributed by atoms with Crippen LogP contribution in [0.3, 0.4) is 0 Å². The molecule has 7 nitrogen and oxygen atoms in total. The van der Waals surface area contributed by atoms with E-state index in [4.69, 9.17) is 5.11 Å². The predicted molar refractivity (Wildman–Crippen MR) is 83.2 cm³/mol. The standard InChI is InChI=1S/C15H21N5O2/c1-2-3-10-9-14(20-13(17-10)6-7-16-20)18-11-4-5-12(8-11)19-15(21)22/h6-7,9,11-12,18-19H,2-5,8H2,1H3,(H,21,22)/t11-,12-/m1/s1. The van der Waals surface area contributed by atoms with Gasteiger partial charge in [-0.1, -0.05) is 13.3 Å². The number of carboxylic acid groups (broad SMARTS) is 1. The van der Waals surface area contributed by atoms with Crippen molar-refractivity contribution in [3.05, 3.63) is 24.0 Å². The summed E-state index contributed by atoms with van der Waals surface area (Å²) in [7, 11) is 0. The van der Waals surface area contributed by atoms with Gasteiger partial charge in [-0.15, -0.1) is 0 Å². The summed E-state index contributed by atoms with van der Waals surface area (Å²) in [6.07, 6.45) is 5.37. The van der Waals surface area contributed by atoms with Gasteiger partial charge in [0.15, 0.2) is 5.65 Å². The summed E-state index contributed by atoms with van der Waals surface area (Å²) in [6.45, 7) is 2.13. The zero-order chi connectivity index (χ0) is 15.5. The van der Waals surface area contributed by atoms with Crippen LogP contribution in [0, 0.1) is 0 Å². The van der Waals surface area contributed by atoms with Crippen molar-refractivity contribution < 1.29 is 9.90 Å². The van der Waals surface area contributed by atoms with Gasteiger partial charge in [-0.05, 0) is 25.7 Å². The van der Waals surface area contributed by atoms with Crippen LogP contribution in [-0.2, 0) is 6.42 Å². The Bertz CT molecular complexity index is 669. The average molecular weight is 303 g/mol. The summed E-state index contributed by atoms with van der Waals surface area (Å²) in [5.41, 5.74) is 1.89. The van der Waals surface area contributed by atoms with Crippen molar-refractivity contribution in [2.75, 3.05) is 5.32 Å². The van der Waals surface area contributed by atoms with Crippen LogP contribution in [0.5, 0.6) is 0 Å². The molecule has 118 valence electrons. The van der Waals surface area contributed by atoms with Crippen molar-refractivity contribution >= 4 is 17.6 Å². The Balaban J connectivity index is 1.76. The summed E-state index contributed by atoms with van der Waals surface area (Å²) in [6, 6.07) is 4.22. The van der Waals surface area contributed by atoms with Crippen molar-refractivity contribution in [1.82, 2.24) is 19.9 Å². The molecular weight excluding hydrogens is 282 g/mol. The van der Waals surface area contributed by atoms with Gasteiger partial charge in [-0.25, -0.2) is 9.78 Å². The minimum atomic E-state index is -0.950. The molecule has 0 aliphatic heterocycles. The third-order valence-electron chi connectivity index (χ3n) is 4.03. The Kier molecular flexibility index (Phi) is 4.13. The second-order valence-electron chi connectivity index (χ2n) is 5.78. The second kappa shape index (κ2) is 6.21. The molecule has 7 heteroatoms. The Morgan fingerprint density at radius 1 is 1.45 bits per heavy atom. The number of hydrogen-bond acceptors (Lipinski definition) is 4. The highest BCUT2D eigenvalue weighted by molar-refractivity contribution is 5.65. The highest BCUT2D eigenvalue weighted by Crippen LogP contribution is 2.24. The SMILES string of the molecule is CCCc1cc(N[C@@H]2CC[C@@H](NC(=O)O)C2)n2nccc2n1. The highest BCUT2D eigenvalue weighted by atomic mass is 16.4. The molecule has 2 heterocycles. The minimum Gasteiger partial charge on any atom is -0.465 e. The van der Waals surface area contributed by atoms with E-state index in [2.05, 4.69) is 27.6 Å². The lowest BCUT2D eigenvalue weighted by Gasteiger charge is -2.16. The molecular formula is C15H21N5O2. The van der Waals surface area contributed by atoms with Crippen LogP contribution in [0.25, 0.3) is 5.65 Å². The summed E-state index contributed by atoms with van der Waals surface area (Å²) < 4.78 is 1.80. The first-order chi connectivity index (χ1) is 10.7. The molecule has 0 radical (unpaired) electrons. The number of nitrogens with one attached hydrogen (secondary N) is 2. The van der Waals surface area contributed by atoms with Crippen LogP contribution in [-0.4, -0.2) is 37.9 Å². The fourth-order valence-electron chi connectivity index (χ4n) is 3.08. The van der Waals surface area contributed by atoms with Gasteiger partial charge in [0.1, 0.15) is 5.82 Å². The van der Waals surface area contributed by atoms with E-state index in [1.165, 1.54) is 0 Å². The first-order valence-corrected chi connectivity index (χ1v) is 7.75. The lowest BCUT2D eigenvalue weighted by Crippen LogP contribution is -2.32. The van der Waals surface area contributed by atoms with Gasteiger partial charge in [0.25, 0.3) is 0 Å². The summed E-state index contributed by atoms with van der Waals surface area (Å²) in [5, 5.41) is 19.2. The summed E-state index contributed by atoms with van der Waals surface area (Å²) in [4.78, 5) is 15.3. The largest absolute Gasteiger partial charge is 0.465 e. The molecule has 22 heavy (non-hydrogen) atoms. The highest BCUT2D eigenvalue weighted by Gasteiger charge is 2.26. The second-order valence-corrected chi connectivity index (χ2v) is 5.78. The van der Waals surface area contributed by atoms with Crippen molar-refractivity contribution in [3.63, 3.8) is 0 Å². The Hall–Kier alpha value is -2.31. The number of aryl methyl sites for hydroxylation is 1. The van der Waals surface area contributed by atoms with Gasteiger partial charge in [-0.2, -0.15) is 9.61 Å². The van der Waals surface area contributed by atoms with Crippen LogP contribution < -0.4 is 10.6 Å². The number of hydrogen-bond donors (Lipinski definition) is 3. The molecule has 1 fully saturated rings. The van der Waals surface area contributed by atoms with Gasteiger partial charge < -0.3 is 15.7 Å². The van der Waals surface area contributed by atoms with Crippen molar-refractivity contribution in [2.24, 2.45) is 0 Å². The number of fused-ring (bicyclic) bond motifs is 1. The molecule has 3 N–H and O–H groups in total. The molecule has 0 unspecified atom stereocenters. The van der Waals surface area contributed by atoms with Crippen LogP contribution in [0.1, 0.15) is 38.3 Å². The van der Waals surface area contributed by atoms with Gasteiger partial charge in [0.2, 0.25) is 0 Å². The molecule has 1 aliphatic carbocycles. The first kappa shape index (κ1) is 14.6. The number of amides is 1. The molecule has 0 bridgehead atoms. The van der Waals surface area contributed by atoms with Gasteiger partial charge in [0.05, 0.1) is 6.20 Å². The van der Waals surface area contributed by atoms with Gasteiger partial charge in [-0.3, -0.25) is 0 Å². The molecule has 2 aromatic rings. The molecule has 1 amide bonds. The van der Waals surface area contributed by atoms with Crippen LogP contribution in [0.4, 0.5) is 10.6 Å². The lowest BCUT2D eigenvalue weighted by atomic mass is 10.2. The molecule has 2 atom stereocenters. The van der Waals surface area contributed by atoms with E-state index in [9.17, 15) is 4.79 Å². The molecule has 3 rings (SSSR count). The number of anilines is 1. The Labute approximate surface area is 128 Å². The first-order valence-electron chi connectivity index (χ1n) is 7.75. The fourth-order valence-corrected chi connectivity index (χ4v) is 3.08. The molecule has 1 aliphatic rings. The van der Waals surface area contributed by atoms with Crippen LogP contribution in [0.15, 0.2) is 18.3 Å². The van der Waals surface area contributed by atoms with E-state index in [-0.39, 0.29) is 12.1 Å². The maximum Gasteiger partial charge on any atom is 0.404 e. The van der Waals surface area contributed by atoms with Crippen LogP contribution >= 0.6 is 0 Å². The maximum absolute atomic E-state index is 10.7. The number of nitrogens with zero attached hydrogens (tertiary/aromatic N) is 3. The van der Waals surface area contributed by atoms with Crippen molar-refractivity contribution in [1.29, 1.82) is 0 Å². The topological polar surface area (TPSA) is 91.5 Å². The number of rotatable bonds is 5. The predicted octanol–water partition coefficient (Wildman–Crippen LogP) is 2.28. The van der Waals surface area contributed by atoms with Gasteiger partial charge in [0, 0.05) is 29.9 Å². The zero-order valence-corrected chi connectivity index (χ0v) is 12.6. The van der Waals surface area contributed by atoms with Gasteiger partial charge >= 0.3 is 6.09 Å². The maximum atomic E-state index is 10.7. The average Bonchev–Trinajstić information content (AvgIpc) is 3.08. The quantitative estimate of drug-likeness (QED) is 0.788. The Morgan fingerprint density at radius 3 is 3.05 bits per heavy atom. The summed E-state index contributed by atoms with van der Waals surface area (Å²) >= 11 is 0.